The lowest BCUT2D eigenvalue weighted by Crippen LogP contribution is -2.74. The van der Waals surface area contributed by atoms with E-state index in [0.29, 0.717) is 0 Å². The van der Waals surface area contributed by atoms with Gasteiger partial charge < -0.3 is 4.90 Å². The second-order valence-electron chi connectivity index (χ2n) is 12.9. The number of rotatable bonds is 8. The van der Waals surface area contributed by atoms with Crippen molar-refractivity contribution in [2.75, 3.05) is 4.90 Å². The maximum Gasteiger partial charge on any atom is 0.179 e. The van der Waals surface area contributed by atoms with Crippen molar-refractivity contribution in [1.29, 1.82) is 0 Å². The zero-order valence-electron chi connectivity index (χ0n) is 28.1. The van der Waals surface area contributed by atoms with Gasteiger partial charge in [0.05, 0.1) is 10.4 Å². The smallest absolute Gasteiger partial charge is 0.179 e. The van der Waals surface area contributed by atoms with E-state index in [1.54, 1.807) is 0 Å². The molecular weight excluding hydrogens is 651 g/mol. The number of nitrogens with zero attached hydrogens (tertiary/aromatic N) is 1. The summed E-state index contributed by atoms with van der Waals surface area (Å²) in [6.07, 6.45) is 0. The van der Waals surface area contributed by atoms with Crippen molar-refractivity contribution < 1.29 is 0 Å². The second kappa shape index (κ2) is 13.4. The Balaban J connectivity index is 1.25. The van der Waals surface area contributed by atoms with E-state index in [1.165, 1.54) is 57.7 Å². The number of anilines is 3. The van der Waals surface area contributed by atoms with Gasteiger partial charge in [0.1, 0.15) is 0 Å². The summed E-state index contributed by atoms with van der Waals surface area (Å²) in [6.45, 7) is 0. The summed E-state index contributed by atoms with van der Waals surface area (Å²) >= 11 is 1.89. The van der Waals surface area contributed by atoms with E-state index < -0.39 is 8.07 Å². The van der Waals surface area contributed by atoms with Gasteiger partial charge in [-0.25, -0.2) is 0 Å². The summed E-state index contributed by atoms with van der Waals surface area (Å²) in [6, 6.07) is 77.9. The van der Waals surface area contributed by atoms with Gasteiger partial charge in [0.15, 0.2) is 8.07 Å². The van der Waals surface area contributed by atoms with Crippen LogP contribution in [0.2, 0.25) is 0 Å². The Morgan fingerprint density at radius 2 is 0.765 bits per heavy atom. The Morgan fingerprint density at radius 3 is 1.31 bits per heavy atom. The maximum absolute atomic E-state index is 2.64. The van der Waals surface area contributed by atoms with Crippen molar-refractivity contribution in [2.24, 2.45) is 0 Å². The molecule has 1 nitrogen and oxygen atoms in total. The lowest BCUT2D eigenvalue weighted by Gasteiger charge is -2.35. The average Bonchev–Trinajstić information content (AvgIpc) is 3.61. The van der Waals surface area contributed by atoms with Gasteiger partial charge in [-0.1, -0.05) is 182 Å². The zero-order chi connectivity index (χ0) is 34.0. The van der Waals surface area contributed by atoms with Gasteiger partial charge in [0.25, 0.3) is 0 Å². The highest BCUT2D eigenvalue weighted by Gasteiger charge is 2.41. The van der Waals surface area contributed by atoms with Crippen LogP contribution in [0.4, 0.5) is 17.1 Å². The number of hydrogen-bond acceptors (Lipinski definition) is 2. The van der Waals surface area contributed by atoms with Crippen molar-refractivity contribution in [3.63, 3.8) is 0 Å². The molecule has 51 heavy (non-hydrogen) atoms. The number of hydrogen-bond donors (Lipinski definition) is 0. The van der Waals surface area contributed by atoms with Gasteiger partial charge in [-0.15, -0.1) is 11.3 Å². The SMILES string of the molecule is c1ccc(-c2cccc3c2sc2c(N(c4ccccc4)c4ccc([Si](c5ccccc5)(c5ccccc5)c5ccccc5)cc4)cccc23)cc1. The molecule has 0 aliphatic carbocycles. The van der Waals surface area contributed by atoms with Crippen molar-refractivity contribution in [1.82, 2.24) is 0 Å². The molecule has 8 aromatic carbocycles. The van der Waals surface area contributed by atoms with Crippen molar-refractivity contribution in [2.45, 2.75) is 0 Å². The highest BCUT2D eigenvalue weighted by atomic mass is 32.1. The molecule has 0 saturated heterocycles. The maximum atomic E-state index is 2.43. The van der Waals surface area contributed by atoms with Crippen molar-refractivity contribution >= 4 is 77.4 Å². The molecule has 3 heteroatoms. The molecule has 1 heterocycles. The summed E-state index contributed by atoms with van der Waals surface area (Å²) in [4.78, 5) is 2.43. The van der Waals surface area contributed by atoms with Gasteiger partial charge in [0, 0.05) is 26.8 Å². The zero-order valence-corrected chi connectivity index (χ0v) is 29.9. The van der Waals surface area contributed by atoms with E-state index in [1.807, 2.05) is 11.3 Å². The fraction of sp³-hybridized carbons (Fsp3) is 0. The Bertz CT molecular complexity index is 2450. The van der Waals surface area contributed by atoms with Gasteiger partial charge in [-0.2, -0.15) is 0 Å². The van der Waals surface area contributed by atoms with Gasteiger partial charge in [0.2, 0.25) is 0 Å². The Morgan fingerprint density at radius 1 is 0.333 bits per heavy atom. The first-order chi connectivity index (χ1) is 25.3. The van der Waals surface area contributed by atoms with Crippen LogP contribution in [0.15, 0.2) is 212 Å². The summed E-state index contributed by atoms with van der Waals surface area (Å²) in [5.74, 6) is 0. The first kappa shape index (κ1) is 31.0. The molecule has 9 aromatic rings. The Kier molecular flexibility index (Phi) is 8.13. The van der Waals surface area contributed by atoms with E-state index >= 15 is 0 Å². The average molecular weight is 686 g/mol. The minimum Gasteiger partial charge on any atom is -0.309 e. The van der Waals surface area contributed by atoms with E-state index in [4.69, 9.17) is 0 Å². The highest BCUT2D eigenvalue weighted by molar-refractivity contribution is 7.27. The molecule has 0 radical (unpaired) electrons. The molecule has 9 rings (SSSR count). The molecule has 0 fully saturated rings. The van der Waals surface area contributed by atoms with Crippen molar-refractivity contribution in [3.05, 3.63) is 212 Å². The highest BCUT2D eigenvalue weighted by Crippen LogP contribution is 2.46. The summed E-state index contributed by atoms with van der Waals surface area (Å²) < 4.78 is 2.60. The van der Waals surface area contributed by atoms with Crippen LogP contribution in [-0.2, 0) is 0 Å². The predicted molar refractivity (Wildman–Crippen MR) is 223 cm³/mol. The first-order valence-corrected chi connectivity index (χ1v) is 20.3. The summed E-state index contributed by atoms with van der Waals surface area (Å²) in [7, 11) is -2.64. The number of benzene rings is 8. The number of para-hydroxylation sites is 1. The molecule has 242 valence electrons. The Labute approximate surface area is 304 Å². The standard InChI is InChI=1S/C48H35NSSi/c1-6-18-36(19-7-1)43-28-16-29-44-45-30-17-31-46(48(45)50-47(43)44)49(37-20-8-2-9-21-37)38-32-34-42(35-33-38)51(39-22-10-3-11-23-39,40-24-12-4-13-25-40)41-26-14-5-15-27-41/h1-35H. The molecular formula is C48H35NSSi. The monoisotopic (exact) mass is 685 g/mol. The molecule has 1 aromatic heterocycles. The summed E-state index contributed by atoms with van der Waals surface area (Å²) in [5, 5.41) is 8.06. The van der Waals surface area contributed by atoms with Crippen LogP contribution in [0.1, 0.15) is 0 Å². The lowest BCUT2D eigenvalue weighted by atomic mass is 10.0. The van der Waals surface area contributed by atoms with Crippen LogP contribution < -0.4 is 25.6 Å². The lowest BCUT2D eigenvalue weighted by molar-refractivity contribution is 1.30. The first-order valence-electron chi connectivity index (χ1n) is 17.4. The minimum atomic E-state index is -2.64. The molecule has 0 saturated carbocycles. The van der Waals surface area contributed by atoms with Crippen LogP contribution in [0.5, 0.6) is 0 Å². The molecule has 0 aliphatic rings. The minimum absolute atomic E-state index is 1.13. The quantitative estimate of drug-likeness (QED) is 0.114. The van der Waals surface area contributed by atoms with Crippen molar-refractivity contribution in [3.8, 4) is 11.1 Å². The predicted octanol–water partition coefficient (Wildman–Crippen LogP) is 10.6. The molecule has 0 amide bonds. The van der Waals surface area contributed by atoms with Crippen LogP contribution in [0.25, 0.3) is 31.3 Å². The third kappa shape index (κ3) is 5.39. The largest absolute Gasteiger partial charge is 0.309 e. The number of fused-ring (bicyclic) bond motifs is 3. The van der Waals surface area contributed by atoms with E-state index in [-0.39, 0.29) is 0 Å². The molecule has 0 aliphatic heterocycles. The van der Waals surface area contributed by atoms with Gasteiger partial charge in [-0.3, -0.25) is 0 Å². The fourth-order valence-corrected chi connectivity index (χ4v) is 13.8. The Hall–Kier alpha value is -6.00. The molecule has 0 spiro atoms. The summed E-state index contributed by atoms with van der Waals surface area (Å²) in [5.41, 5.74) is 5.98. The van der Waals surface area contributed by atoms with Crippen LogP contribution >= 0.6 is 11.3 Å². The van der Waals surface area contributed by atoms with E-state index in [2.05, 4.69) is 217 Å². The topological polar surface area (TPSA) is 3.24 Å². The van der Waals surface area contributed by atoms with Gasteiger partial charge in [-0.05, 0) is 62.2 Å². The number of thiophene rings is 1. The van der Waals surface area contributed by atoms with E-state index in [9.17, 15) is 0 Å². The molecule has 0 bridgehead atoms. The fourth-order valence-electron chi connectivity index (χ4n) is 7.76. The van der Waals surface area contributed by atoms with Gasteiger partial charge >= 0.3 is 0 Å². The van der Waals surface area contributed by atoms with Crippen LogP contribution in [0, 0.1) is 0 Å². The normalized spacial score (nSPS) is 11.5. The third-order valence-corrected chi connectivity index (χ3v) is 16.1. The van der Waals surface area contributed by atoms with Crippen LogP contribution in [0.3, 0.4) is 0 Å². The molecule has 0 N–H and O–H groups in total. The molecule has 0 unspecified atom stereocenters. The third-order valence-electron chi connectivity index (χ3n) is 10.0. The second-order valence-corrected chi connectivity index (χ2v) is 17.7. The molecule has 0 atom stereocenters. The van der Waals surface area contributed by atoms with Crippen LogP contribution in [-0.4, -0.2) is 8.07 Å². The van der Waals surface area contributed by atoms with E-state index in [0.717, 1.165) is 11.4 Å².